The lowest BCUT2D eigenvalue weighted by Crippen LogP contribution is -2.55. The van der Waals surface area contributed by atoms with Crippen LogP contribution < -0.4 is 0 Å². The van der Waals surface area contributed by atoms with Crippen LogP contribution in [0.25, 0.3) is 5.57 Å². The van der Waals surface area contributed by atoms with Crippen LogP contribution in [0.3, 0.4) is 0 Å². The summed E-state index contributed by atoms with van der Waals surface area (Å²) in [5, 5.41) is 3.12. The van der Waals surface area contributed by atoms with Crippen LogP contribution in [0, 0.1) is 13.8 Å². The predicted octanol–water partition coefficient (Wildman–Crippen LogP) is 3.35. The van der Waals surface area contributed by atoms with Crippen molar-refractivity contribution in [2.45, 2.75) is 46.1 Å². The number of rotatable bonds is 8. The third kappa shape index (κ3) is 4.66. The van der Waals surface area contributed by atoms with Crippen molar-refractivity contribution >= 4 is 17.6 Å². The molecule has 2 aliphatic rings. The van der Waals surface area contributed by atoms with E-state index in [1.54, 1.807) is 19.1 Å². The lowest BCUT2D eigenvalue weighted by Gasteiger charge is -2.43. The van der Waals surface area contributed by atoms with Gasteiger partial charge < -0.3 is 19.0 Å². The molecule has 0 unspecified atom stereocenters. The number of amides is 1. The topological polar surface area (TPSA) is 86.8 Å². The minimum atomic E-state index is -0.983. The fraction of sp³-hybridized carbons (Fsp3) is 0.565. The minimum absolute atomic E-state index is 0.0924. The molecule has 9 heteroatoms. The Hall–Kier alpha value is -2.46. The summed E-state index contributed by atoms with van der Waals surface area (Å²) in [4.78, 5) is 37.4. The highest BCUT2D eigenvalue weighted by Gasteiger charge is 2.57. The van der Waals surface area contributed by atoms with E-state index in [2.05, 4.69) is 0 Å². The van der Waals surface area contributed by atoms with E-state index >= 15 is 0 Å². The molecule has 1 spiro atoms. The van der Waals surface area contributed by atoms with Gasteiger partial charge in [-0.1, -0.05) is 23.8 Å². The second-order valence-electron chi connectivity index (χ2n) is 7.79. The van der Waals surface area contributed by atoms with Gasteiger partial charge in [0.1, 0.15) is 5.54 Å². The van der Waals surface area contributed by atoms with Crippen molar-refractivity contribution in [3.8, 4) is 0 Å². The molecule has 1 aromatic carbocycles. The Morgan fingerprint density at radius 3 is 2.44 bits per heavy atom. The van der Waals surface area contributed by atoms with Gasteiger partial charge in [0.25, 0.3) is 5.91 Å². The molecule has 1 fully saturated rings. The van der Waals surface area contributed by atoms with Gasteiger partial charge in [0.2, 0.25) is 0 Å². The lowest BCUT2D eigenvalue weighted by molar-refractivity contribution is -0.263. The van der Waals surface area contributed by atoms with E-state index in [0.29, 0.717) is 43.7 Å². The fourth-order valence-corrected chi connectivity index (χ4v) is 4.25. The molecule has 0 N–H and O–H groups in total. The molecule has 1 saturated heterocycles. The zero-order chi connectivity index (χ0) is 23.3. The van der Waals surface area contributed by atoms with Gasteiger partial charge in [-0.25, -0.2) is 14.7 Å². The quantitative estimate of drug-likeness (QED) is 0.340. The van der Waals surface area contributed by atoms with E-state index in [4.69, 9.17) is 23.9 Å². The number of carbonyl (C=O) groups is 2. The number of hydrogen-bond donors (Lipinski definition) is 0. The van der Waals surface area contributed by atoms with Crippen LogP contribution in [-0.4, -0.2) is 67.9 Å². The van der Waals surface area contributed by atoms with Crippen LogP contribution in [0.4, 0.5) is 4.79 Å². The number of ether oxygens (including phenoxy) is 3. The van der Waals surface area contributed by atoms with Crippen LogP contribution in [0.5, 0.6) is 0 Å². The van der Waals surface area contributed by atoms with Gasteiger partial charge in [-0.2, -0.15) is 5.06 Å². The summed E-state index contributed by atoms with van der Waals surface area (Å²) in [5.74, 6) is -0.123. The molecule has 176 valence electrons. The number of hydrogen-bond acceptors (Lipinski definition) is 8. The predicted molar refractivity (Wildman–Crippen MR) is 116 cm³/mol. The minimum Gasteiger partial charge on any atom is -0.434 e. The Kier molecular flexibility index (Phi) is 7.89. The second-order valence-corrected chi connectivity index (χ2v) is 7.79. The maximum absolute atomic E-state index is 13.7. The van der Waals surface area contributed by atoms with Gasteiger partial charge in [0.15, 0.2) is 12.6 Å². The molecule has 2 heterocycles. The zero-order valence-electron chi connectivity index (χ0n) is 19.4. The zero-order valence-corrected chi connectivity index (χ0v) is 19.4. The Morgan fingerprint density at radius 1 is 1.12 bits per heavy atom. The summed E-state index contributed by atoms with van der Waals surface area (Å²) >= 11 is 0. The van der Waals surface area contributed by atoms with Crippen LogP contribution in [0.2, 0.25) is 0 Å². The highest BCUT2D eigenvalue weighted by molar-refractivity contribution is 6.23. The van der Waals surface area contributed by atoms with Gasteiger partial charge in [-0.15, -0.1) is 0 Å². The first kappa shape index (κ1) is 24.2. The number of benzene rings is 1. The maximum Gasteiger partial charge on any atom is 0.513 e. The third-order valence-electron chi connectivity index (χ3n) is 5.81. The SMILES string of the molecule is CCOCON1C(=O)C(c2ccc(C)cc2C)=C(OC(=O)OCC)C12CCN(OC)CC2. The molecule has 0 atom stereocenters. The highest BCUT2D eigenvalue weighted by Crippen LogP contribution is 2.47. The van der Waals surface area contributed by atoms with E-state index in [1.807, 2.05) is 39.0 Å². The Labute approximate surface area is 188 Å². The number of nitrogens with zero attached hydrogens (tertiary/aromatic N) is 2. The van der Waals surface area contributed by atoms with Crippen molar-refractivity contribution < 1.29 is 33.5 Å². The molecule has 9 nitrogen and oxygen atoms in total. The van der Waals surface area contributed by atoms with Crippen molar-refractivity contribution in [2.75, 3.05) is 40.2 Å². The molecule has 0 saturated carbocycles. The second kappa shape index (κ2) is 10.4. The molecule has 0 aliphatic carbocycles. The normalized spacial score (nSPS) is 18.5. The molecule has 0 bridgehead atoms. The fourth-order valence-electron chi connectivity index (χ4n) is 4.25. The van der Waals surface area contributed by atoms with Crippen LogP contribution in [0.1, 0.15) is 43.4 Å². The molecule has 0 radical (unpaired) electrons. The largest absolute Gasteiger partial charge is 0.513 e. The van der Waals surface area contributed by atoms with E-state index in [0.717, 1.165) is 11.1 Å². The smallest absolute Gasteiger partial charge is 0.434 e. The van der Waals surface area contributed by atoms with Crippen molar-refractivity contribution in [1.82, 2.24) is 10.1 Å². The summed E-state index contributed by atoms with van der Waals surface area (Å²) in [6, 6.07) is 5.78. The number of carbonyl (C=O) groups excluding carboxylic acids is 2. The van der Waals surface area contributed by atoms with E-state index in [-0.39, 0.29) is 25.1 Å². The van der Waals surface area contributed by atoms with E-state index in [1.165, 1.54) is 5.06 Å². The summed E-state index contributed by atoms with van der Waals surface area (Å²) in [6.07, 6.45) is 0.0433. The Bertz CT molecular complexity index is 875. The number of piperidine rings is 1. The number of hydroxylamine groups is 4. The monoisotopic (exact) mass is 448 g/mol. The average Bonchev–Trinajstić information content (AvgIpc) is 2.97. The summed E-state index contributed by atoms with van der Waals surface area (Å²) < 4.78 is 16.2. The summed E-state index contributed by atoms with van der Waals surface area (Å²) in [5.41, 5.74) is 1.98. The molecule has 2 aliphatic heterocycles. The molecule has 1 aromatic rings. The van der Waals surface area contributed by atoms with Crippen molar-refractivity contribution in [3.63, 3.8) is 0 Å². The molecular formula is C23H32N2O7. The molecule has 3 rings (SSSR count). The first-order chi connectivity index (χ1) is 15.4. The van der Waals surface area contributed by atoms with E-state index < -0.39 is 11.7 Å². The first-order valence-electron chi connectivity index (χ1n) is 10.9. The van der Waals surface area contributed by atoms with Crippen molar-refractivity contribution in [1.29, 1.82) is 0 Å². The third-order valence-corrected chi connectivity index (χ3v) is 5.81. The van der Waals surface area contributed by atoms with E-state index in [9.17, 15) is 9.59 Å². The van der Waals surface area contributed by atoms with Gasteiger partial charge in [-0.05, 0) is 51.7 Å². The Morgan fingerprint density at radius 2 is 1.84 bits per heavy atom. The van der Waals surface area contributed by atoms with Crippen LogP contribution in [0.15, 0.2) is 24.0 Å². The molecule has 1 amide bonds. The standard InChI is InChI=1S/C23H32N2O7/c1-6-29-15-31-25-21(26)19(18-9-8-16(3)14-17(18)4)20(32-22(27)30-7-2)23(25)10-12-24(28-5)13-11-23/h8-9,14H,6-7,10-13,15H2,1-5H3. The molecular weight excluding hydrogens is 416 g/mol. The van der Waals surface area contributed by atoms with Crippen LogP contribution >= 0.6 is 0 Å². The maximum atomic E-state index is 13.7. The molecule has 0 aromatic heterocycles. The Balaban J connectivity index is 2.13. The van der Waals surface area contributed by atoms with Gasteiger partial charge in [0.05, 0.1) is 19.3 Å². The summed E-state index contributed by atoms with van der Waals surface area (Å²) in [6.45, 7) is 9.00. The molecule has 32 heavy (non-hydrogen) atoms. The van der Waals surface area contributed by atoms with Crippen molar-refractivity contribution in [3.05, 3.63) is 40.6 Å². The van der Waals surface area contributed by atoms with Crippen LogP contribution in [-0.2, 0) is 28.7 Å². The highest BCUT2D eigenvalue weighted by atomic mass is 16.8. The average molecular weight is 449 g/mol. The van der Waals surface area contributed by atoms with Gasteiger partial charge in [-0.3, -0.25) is 4.79 Å². The van der Waals surface area contributed by atoms with Gasteiger partial charge in [0, 0.05) is 19.7 Å². The van der Waals surface area contributed by atoms with Gasteiger partial charge >= 0.3 is 6.16 Å². The summed E-state index contributed by atoms with van der Waals surface area (Å²) in [7, 11) is 1.61. The number of aryl methyl sites for hydroxylation is 2. The first-order valence-corrected chi connectivity index (χ1v) is 10.9. The van der Waals surface area contributed by atoms with Crippen molar-refractivity contribution in [2.24, 2.45) is 0 Å². The lowest BCUT2D eigenvalue weighted by atomic mass is 9.85.